The molecule has 0 bridgehead atoms. The third-order valence-electron chi connectivity index (χ3n) is 6.29. The van der Waals surface area contributed by atoms with Gasteiger partial charge in [-0.1, -0.05) is 114 Å². The molecule has 0 aromatic rings. The van der Waals surface area contributed by atoms with E-state index in [-0.39, 0.29) is 0 Å². The lowest BCUT2D eigenvalue weighted by Gasteiger charge is -2.08. The van der Waals surface area contributed by atoms with Crippen molar-refractivity contribution in [2.24, 2.45) is 0 Å². The van der Waals surface area contributed by atoms with Crippen molar-refractivity contribution in [3.63, 3.8) is 0 Å². The maximum Gasteiger partial charge on any atom is 0.0431 e. The summed E-state index contributed by atoms with van der Waals surface area (Å²) in [5.74, 6) is 0. The number of unbranched alkanes of at least 4 members (excludes halogenated alkanes) is 8. The van der Waals surface area contributed by atoms with Crippen LogP contribution in [0.1, 0.15) is 148 Å². The molecule has 1 nitrogen and oxygen atoms in total. The van der Waals surface area contributed by atoms with E-state index in [4.69, 9.17) is 5.11 Å². The van der Waals surface area contributed by atoms with Gasteiger partial charge in [-0.2, -0.15) is 0 Å². The van der Waals surface area contributed by atoms with Gasteiger partial charge in [0.15, 0.2) is 0 Å². The fraction of sp³-hybridized carbons (Fsp3) is 0.923. The molecule has 1 fully saturated rings. The zero-order valence-corrected chi connectivity index (χ0v) is 18.5. The van der Waals surface area contributed by atoms with Crippen LogP contribution in [-0.4, -0.2) is 11.7 Å². The second-order valence-corrected chi connectivity index (χ2v) is 8.95. The first-order valence-electron chi connectivity index (χ1n) is 12.7. The Bertz CT molecular complexity index is 302. The fourth-order valence-electron chi connectivity index (χ4n) is 4.42. The highest BCUT2D eigenvalue weighted by atomic mass is 16.2. The molecule has 1 aliphatic carbocycles. The smallest absolute Gasteiger partial charge is 0.0431 e. The third-order valence-corrected chi connectivity index (χ3v) is 6.29. The van der Waals surface area contributed by atoms with Crippen molar-refractivity contribution in [1.29, 1.82) is 0 Å². The van der Waals surface area contributed by atoms with Crippen molar-refractivity contribution in [3.8, 4) is 0 Å². The molecule has 0 aliphatic heterocycles. The predicted octanol–water partition coefficient (Wildman–Crippen LogP) is 8.89. The van der Waals surface area contributed by atoms with Crippen LogP contribution in [0, 0.1) is 0 Å². The van der Waals surface area contributed by atoms with E-state index in [2.05, 4.69) is 6.08 Å². The van der Waals surface area contributed by atoms with Crippen molar-refractivity contribution in [3.05, 3.63) is 11.6 Å². The molecule has 0 radical (unpaired) electrons. The van der Waals surface area contributed by atoms with Crippen LogP contribution in [0.25, 0.3) is 0 Å². The van der Waals surface area contributed by atoms with Crippen LogP contribution < -0.4 is 0 Å². The Kier molecular flexibility index (Phi) is 18.7. The zero-order chi connectivity index (χ0) is 19.3. The Morgan fingerprint density at radius 1 is 0.481 bits per heavy atom. The third kappa shape index (κ3) is 17.5. The fourth-order valence-corrected chi connectivity index (χ4v) is 4.42. The van der Waals surface area contributed by atoms with Gasteiger partial charge in [0.25, 0.3) is 0 Å². The molecule has 0 aromatic heterocycles. The van der Waals surface area contributed by atoms with Crippen LogP contribution >= 0.6 is 0 Å². The Labute approximate surface area is 171 Å². The van der Waals surface area contributed by atoms with Crippen molar-refractivity contribution in [1.82, 2.24) is 0 Å². The lowest BCUT2D eigenvalue weighted by atomic mass is 9.98. The minimum atomic E-state index is 0.370. The molecule has 0 atom stereocenters. The van der Waals surface area contributed by atoms with E-state index in [1.165, 1.54) is 141 Å². The summed E-state index contributed by atoms with van der Waals surface area (Å²) in [6, 6.07) is 0. The highest BCUT2D eigenvalue weighted by Gasteiger charge is 2.01. The molecule has 0 aromatic carbocycles. The van der Waals surface area contributed by atoms with Crippen LogP contribution in [0.3, 0.4) is 0 Å². The number of rotatable bonds is 10. The van der Waals surface area contributed by atoms with E-state index in [9.17, 15) is 0 Å². The van der Waals surface area contributed by atoms with E-state index in [1.807, 2.05) is 0 Å². The molecule has 1 rings (SSSR count). The average molecular weight is 379 g/mol. The summed E-state index contributed by atoms with van der Waals surface area (Å²) in [5.41, 5.74) is 1.79. The summed E-state index contributed by atoms with van der Waals surface area (Å²) in [5, 5.41) is 8.79. The number of aliphatic hydroxyl groups is 1. The van der Waals surface area contributed by atoms with E-state index in [0.717, 1.165) is 6.42 Å². The van der Waals surface area contributed by atoms with Gasteiger partial charge in [-0.15, -0.1) is 0 Å². The van der Waals surface area contributed by atoms with Crippen LogP contribution in [-0.2, 0) is 0 Å². The summed E-state index contributed by atoms with van der Waals surface area (Å²) < 4.78 is 0. The van der Waals surface area contributed by atoms with Crippen LogP contribution in [0.5, 0.6) is 0 Å². The van der Waals surface area contributed by atoms with Gasteiger partial charge in [0.1, 0.15) is 0 Å². The normalized spacial score (nSPS) is 18.6. The summed E-state index contributed by atoms with van der Waals surface area (Å²) in [4.78, 5) is 0. The summed E-state index contributed by atoms with van der Waals surface area (Å²) in [6.07, 6.45) is 34.7. The van der Waals surface area contributed by atoms with Crippen molar-refractivity contribution >= 4 is 0 Å². The van der Waals surface area contributed by atoms with Gasteiger partial charge in [0, 0.05) is 6.61 Å². The molecule has 1 aliphatic rings. The van der Waals surface area contributed by atoms with Gasteiger partial charge in [-0.25, -0.2) is 0 Å². The molecule has 1 saturated carbocycles. The monoisotopic (exact) mass is 378 g/mol. The predicted molar refractivity (Wildman–Crippen MR) is 121 cm³/mol. The highest BCUT2D eigenvalue weighted by molar-refractivity contribution is 5.01. The Balaban J connectivity index is 2.13. The van der Waals surface area contributed by atoms with Gasteiger partial charge < -0.3 is 5.11 Å². The molecular weight excluding hydrogens is 328 g/mol. The Hall–Kier alpha value is -0.300. The van der Waals surface area contributed by atoms with Crippen LogP contribution in [0.4, 0.5) is 0 Å². The van der Waals surface area contributed by atoms with Gasteiger partial charge in [-0.3, -0.25) is 0 Å². The first-order chi connectivity index (χ1) is 13.4. The second kappa shape index (κ2) is 20.4. The molecule has 0 saturated heterocycles. The van der Waals surface area contributed by atoms with Crippen molar-refractivity contribution in [2.75, 3.05) is 6.61 Å². The Morgan fingerprint density at radius 2 is 0.852 bits per heavy atom. The minimum absolute atomic E-state index is 0.370. The van der Waals surface area contributed by atoms with E-state index < -0.39 is 0 Å². The molecule has 0 heterocycles. The molecule has 0 unspecified atom stereocenters. The molecule has 0 amide bonds. The SMILES string of the molecule is OCCCCCCCCCCC=C1CCCCCCCCCCCCCC1. The van der Waals surface area contributed by atoms with Crippen molar-refractivity contribution in [2.45, 2.75) is 148 Å². The summed E-state index contributed by atoms with van der Waals surface area (Å²) >= 11 is 0. The number of hydrogen-bond donors (Lipinski definition) is 1. The van der Waals surface area contributed by atoms with Crippen LogP contribution in [0.2, 0.25) is 0 Å². The minimum Gasteiger partial charge on any atom is -0.396 e. The summed E-state index contributed by atoms with van der Waals surface area (Å²) in [6.45, 7) is 0.370. The first-order valence-corrected chi connectivity index (χ1v) is 12.7. The topological polar surface area (TPSA) is 20.2 Å². The quantitative estimate of drug-likeness (QED) is 0.297. The molecule has 27 heavy (non-hydrogen) atoms. The maximum atomic E-state index is 8.79. The van der Waals surface area contributed by atoms with E-state index in [1.54, 1.807) is 5.57 Å². The molecule has 1 N–H and O–H groups in total. The molecule has 0 spiro atoms. The molecular formula is C26H50O. The Morgan fingerprint density at radius 3 is 1.30 bits per heavy atom. The number of hydrogen-bond acceptors (Lipinski definition) is 1. The van der Waals surface area contributed by atoms with E-state index in [0.29, 0.717) is 6.61 Å². The van der Waals surface area contributed by atoms with Gasteiger partial charge in [0.05, 0.1) is 0 Å². The maximum absolute atomic E-state index is 8.79. The average Bonchev–Trinajstić information content (AvgIpc) is 2.69. The lowest BCUT2D eigenvalue weighted by molar-refractivity contribution is 0.282. The van der Waals surface area contributed by atoms with Gasteiger partial charge in [0.2, 0.25) is 0 Å². The van der Waals surface area contributed by atoms with Crippen LogP contribution in [0.15, 0.2) is 11.6 Å². The van der Waals surface area contributed by atoms with Gasteiger partial charge in [-0.05, 0) is 44.9 Å². The second-order valence-electron chi connectivity index (χ2n) is 8.95. The highest BCUT2D eigenvalue weighted by Crippen LogP contribution is 2.21. The summed E-state index contributed by atoms with van der Waals surface area (Å²) in [7, 11) is 0. The van der Waals surface area contributed by atoms with Crippen molar-refractivity contribution < 1.29 is 5.11 Å². The number of aliphatic hydroxyl groups excluding tert-OH is 1. The standard InChI is InChI=1S/C26H50O/c27-25-21-17-13-9-5-8-12-16-20-24-26-22-18-14-10-6-3-1-2-4-7-11-15-19-23-26/h24,27H,1-23,25H2. The lowest BCUT2D eigenvalue weighted by Crippen LogP contribution is -1.89. The molecule has 1 heteroatoms. The number of allylic oxidation sites excluding steroid dienone is 2. The first kappa shape index (κ1) is 24.7. The van der Waals surface area contributed by atoms with E-state index >= 15 is 0 Å². The van der Waals surface area contributed by atoms with Gasteiger partial charge >= 0.3 is 0 Å². The largest absolute Gasteiger partial charge is 0.396 e. The molecule has 160 valence electrons. The zero-order valence-electron chi connectivity index (χ0n) is 18.5.